The Hall–Kier alpha value is -1.67. The number of nitrogens with zero attached hydrogens (tertiary/aromatic N) is 4. The molecule has 0 bridgehead atoms. The zero-order chi connectivity index (χ0) is 15.2. The lowest BCUT2D eigenvalue weighted by molar-refractivity contribution is 0.221. The van der Waals surface area contributed by atoms with Crippen LogP contribution in [0.3, 0.4) is 0 Å². The second-order valence-electron chi connectivity index (χ2n) is 5.70. The molecule has 4 N–H and O–H groups in total. The number of anilines is 2. The SMILES string of the molecule is CC(C)Oc1nc(NN)nc(NCC2CCN(C)CC2)n1. The molecule has 0 atom stereocenters. The Morgan fingerprint density at radius 2 is 1.90 bits per heavy atom. The summed E-state index contributed by atoms with van der Waals surface area (Å²) in [5.74, 6) is 6.81. The van der Waals surface area contributed by atoms with Gasteiger partial charge in [0.25, 0.3) is 0 Å². The van der Waals surface area contributed by atoms with Crippen LogP contribution in [0.25, 0.3) is 0 Å². The van der Waals surface area contributed by atoms with E-state index in [1.165, 1.54) is 12.8 Å². The maximum atomic E-state index is 5.50. The molecular formula is C13H25N7O. The minimum Gasteiger partial charge on any atom is -0.461 e. The van der Waals surface area contributed by atoms with E-state index in [1.54, 1.807) is 0 Å². The third-order valence-electron chi connectivity index (χ3n) is 3.47. The van der Waals surface area contributed by atoms with E-state index in [0.717, 1.165) is 19.6 Å². The van der Waals surface area contributed by atoms with E-state index >= 15 is 0 Å². The normalized spacial score (nSPS) is 17.0. The summed E-state index contributed by atoms with van der Waals surface area (Å²) in [7, 11) is 2.16. The monoisotopic (exact) mass is 295 g/mol. The molecule has 1 aromatic heterocycles. The average Bonchev–Trinajstić information content (AvgIpc) is 2.45. The molecule has 0 aliphatic carbocycles. The molecule has 1 fully saturated rings. The first kappa shape index (κ1) is 15.7. The van der Waals surface area contributed by atoms with Gasteiger partial charge in [-0.05, 0) is 52.7 Å². The minimum absolute atomic E-state index is 0.000226. The molecule has 1 saturated heterocycles. The second-order valence-corrected chi connectivity index (χ2v) is 5.70. The molecule has 0 spiro atoms. The van der Waals surface area contributed by atoms with Gasteiger partial charge in [-0.3, -0.25) is 5.43 Å². The van der Waals surface area contributed by atoms with Gasteiger partial charge in [-0.2, -0.15) is 15.0 Å². The summed E-state index contributed by atoms with van der Waals surface area (Å²) in [4.78, 5) is 14.9. The zero-order valence-electron chi connectivity index (χ0n) is 13.0. The Morgan fingerprint density at radius 1 is 1.24 bits per heavy atom. The average molecular weight is 295 g/mol. The summed E-state index contributed by atoms with van der Waals surface area (Å²) in [6.45, 7) is 6.97. The largest absolute Gasteiger partial charge is 0.461 e. The first-order valence-electron chi connectivity index (χ1n) is 7.38. The minimum atomic E-state index is -0.000226. The highest BCUT2D eigenvalue weighted by Gasteiger charge is 2.17. The number of aromatic nitrogens is 3. The van der Waals surface area contributed by atoms with Gasteiger partial charge in [0.05, 0.1) is 6.10 Å². The molecular weight excluding hydrogens is 270 g/mol. The molecule has 0 saturated carbocycles. The number of nitrogen functional groups attached to an aromatic ring is 1. The Bertz CT molecular complexity index is 446. The number of nitrogens with one attached hydrogen (secondary N) is 2. The lowest BCUT2D eigenvalue weighted by Crippen LogP contribution is -2.33. The predicted molar refractivity (Wildman–Crippen MR) is 82.1 cm³/mol. The van der Waals surface area contributed by atoms with Crippen molar-refractivity contribution in [2.45, 2.75) is 32.8 Å². The standard InChI is InChI=1S/C13H25N7O/c1-9(2)21-13-17-11(16-12(18-13)19-14)15-8-10-4-6-20(3)7-5-10/h9-10H,4-8,14H2,1-3H3,(H2,15,16,17,18,19). The molecule has 0 radical (unpaired) electrons. The summed E-state index contributed by atoms with van der Waals surface area (Å²) < 4.78 is 5.50. The molecule has 2 rings (SSSR count). The molecule has 0 unspecified atom stereocenters. The van der Waals surface area contributed by atoms with E-state index in [9.17, 15) is 0 Å². The van der Waals surface area contributed by atoms with Crippen LogP contribution in [-0.2, 0) is 0 Å². The van der Waals surface area contributed by atoms with Gasteiger partial charge in [-0.25, -0.2) is 5.84 Å². The van der Waals surface area contributed by atoms with Crippen LogP contribution in [-0.4, -0.2) is 52.6 Å². The number of hydrogen-bond acceptors (Lipinski definition) is 8. The van der Waals surface area contributed by atoms with E-state index in [0.29, 0.717) is 17.8 Å². The number of ether oxygens (including phenoxy) is 1. The molecule has 0 amide bonds. The van der Waals surface area contributed by atoms with Crippen LogP contribution in [0.1, 0.15) is 26.7 Å². The third-order valence-corrected chi connectivity index (χ3v) is 3.47. The summed E-state index contributed by atoms with van der Waals surface area (Å²) >= 11 is 0. The number of nitrogens with two attached hydrogens (primary N) is 1. The lowest BCUT2D eigenvalue weighted by Gasteiger charge is -2.28. The van der Waals surface area contributed by atoms with Gasteiger partial charge in [0, 0.05) is 6.54 Å². The molecule has 8 heteroatoms. The van der Waals surface area contributed by atoms with Crippen LogP contribution in [0.4, 0.5) is 11.9 Å². The first-order chi connectivity index (χ1) is 10.1. The van der Waals surface area contributed by atoms with Gasteiger partial charge in [0.2, 0.25) is 11.9 Å². The van der Waals surface area contributed by atoms with E-state index in [4.69, 9.17) is 10.6 Å². The fourth-order valence-corrected chi connectivity index (χ4v) is 2.27. The highest BCUT2D eigenvalue weighted by molar-refractivity contribution is 5.34. The Balaban J connectivity index is 1.95. The molecule has 1 aliphatic heterocycles. The van der Waals surface area contributed by atoms with Crippen LogP contribution in [0.2, 0.25) is 0 Å². The Morgan fingerprint density at radius 3 is 2.52 bits per heavy atom. The van der Waals surface area contributed by atoms with Gasteiger partial charge in [-0.15, -0.1) is 0 Å². The van der Waals surface area contributed by atoms with Crippen molar-refractivity contribution in [1.82, 2.24) is 19.9 Å². The third kappa shape index (κ3) is 4.98. The van der Waals surface area contributed by atoms with Gasteiger partial charge in [0.15, 0.2) is 0 Å². The van der Waals surface area contributed by atoms with Gasteiger partial charge in [-0.1, -0.05) is 0 Å². The zero-order valence-corrected chi connectivity index (χ0v) is 13.0. The van der Waals surface area contributed by atoms with Crippen LogP contribution in [0, 0.1) is 5.92 Å². The predicted octanol–water partition coefficient (Wildman–Crippen LogP) is 0.698. The first-order valence-corrected chi connectivity index (χ1v) is 7.38. The quantitative estimate of drug-likeness (QED) is 0.521. The Labute approximate surface area is 125 Å². The van der Waals surface area contributed by atoms with E-state index in [-0.39, 0.29) is 12.1 Å². The molecule has 8 nitrogen and oxygen atoms in total. The van der Waals surface area contributed by atoms with Crippen molar-refractivity contribution in [2.75, 3.05) is 37.4 Å². The number of likely N-dealkylation sites (tertiary alicyclic amines) is 1. The highest BCUT2D eigenvalue weighted by atomic mass is 16.5. The number of piperidine rings is 1. The maximum Gasteiger partial charge on any atom is 0.323 e. The molecule has 118 valence electrons. The molecule has 1 aliphatic rings. The van der Waals surface area contributed by atoms with Gasteiger partial charge < -0.3 is 15.0 Å². The lowest BCUT2D eigenvalue weighted by atomic mass is 9.97. The number of hydrazine groups is 1. The number of hydrogen-bond donors (Lipinski definition) is 3. The fourth-order valence-electron chi connectivity index (χ4n) is 2.27. The highest BCUT2D eigenvalue weighted by Crippen LogP contribution is 2.17. The molecule has 0 aromatic carbocycles. The van der Waals surface area contributed by atoms with Crippen LogP contribution in [0.15, 0.2) is 0 Å². The topological polar surface area (TPSA) is 101 Å². The van der Waals surface area contributed by atoms with Crippen LogP contribution < -0.4 is 21.3 Å². The molecule has 21 heavy (non-hydrogen) atoms. The summed E-state index contributed by atoms with van der Waals surface area (Å²) in [6.07, 6.45) is 2.37. The van der Waals surface area contributed by atoms with Crippen molar-refractivity contribution in [1.29, 1.82) is 0 Å². The summed E-state index contributed by atoms with van der Waals surface area (Å²) in [6, 6.07) is 0.277. The summed E-state index contributed by atoms with van der Waals surface area (Å²) in [5, 5.41) is 3.26. The van der Waals surface area contributed by atoms with E-state index in [1.807, 2.05) is 13.8 Å². The van der Waals surface area contributed by atoms with Crippen molar-refractivity contribution >= 4 is 11.9 Å². The van der Waals surface area contributed by atoms with Crippen molar-refractivity contribution in [3.05, 3.63) is 0 Å². The van der Waals surface area contributed by atoms with Crippen LogP contribution in [0.5, 0.6) is 6.01 Å². The van der Waals surface area contributed by atoms with E-state index < -0.39 is 0 Å². The van der Waals surface area contributed by atoms with Crippen LogP contribution >= 0.6 is 0 Å². The van der Waals surface area contributed by atoms with E-state index in [2.05, 4.69) is 37.6 Å². The Kier molecular flexibility index (Phi) is 5.51. The molecule has 1 aromatic rings. The van der Waals surface area contributed by atoms with Gasteiger partial charge >= 0.3 is 6.01 Å². The molecule has 2 heterocycles. The summed E-state index contributed by atoms with van der Waals surface area (Å²) in [5.41, 5.74) is 2.44. The maximum absolute atomic E-state index is 5.50. The fraction of sp³-hybridized carbons (Fsp3) is 0.769. The smallest absolute Gasteiger partial charge is 0.323 e. The van der Waals surface area contributed by atoms with Gasteiger partial charge in [0.1, 0.15) is 0 Å². The number of rotatable bonds is 6. The second kappa shape index (κ2) is 7.37. The van der Waals surface area contributed by atoms with Crippen molar-refractivity contribution in [3.8, 4) is 6.01 Å². The van der Waals surface area contributed by atoms with Crippen molar-refractivity contribution in [3.63, 3.8) is 0 Å². The van der Waals surface area contributed by atoms with Crippen molar-refractivity contribution in [2.24, 2.45) is 11.8 Å². The van der Waals surface area contributed by atoms with Crippen molar-refractivity contribution < 1.29 is 4.74 Å².